The number of methoxy groups -OCH3 is 1. The molecule has 10 heteroatoms. The van der Waals surface area contributed by atoms with Crippen molar-refractivity contribution in [2.45, 2.75) is 19.9 Å². The lowest BCUT2D eigenvalue weighted by Crippen LogP contribution is -2.42. The maximum Gasteiger partial charge on any atom is 0.500 e. The lowest BCUT2D eigenvalue weighted by atomic mass is 10.5. The molecule has 0 aliphatic heterocycles. The molecule has 0 amide bonds. The number of hydrogen-bond donors (Lipinski definition) is 2. The van der Waals surface area contributed by atoms with Crippen LogP contribution in [0.15, 0.2) is 0 Å². The number of hydrogen-bond acceptors (Lipinski definition) is 9. The summed E-state index contributed by atoms with van der Waals surface area (Å²) in [6, 6.07) is 0.767. The van der Waals surface area contributed by atoms with Gasteiger partial charge in [0.1, 0.15) is 6.79 Å². The van der Waals surface area contributed by atoms with Gasteiger partial charge in [-0.15, -0.1) is 0 Å². The fourth-order valence-electron chi connectivity index (χ4n) is 1.19. The van der Waals surface area contributed by atoms with Crippen molar-refractivity contribution in [1.82, 2.24) is 0 Å². The van der Waals surface area contributed by atoms with Crippen LogP contribution in [0.1, 0.15) is 13.8 Å². The van der Waals surface area contributed by atoms with E-state index < -0.39 is 15.6 Å². The van der Waals surface area contributed by atoms with Crippen LogP contribution in [-0.4, -0.2) is 80.2 Å². The highest BCUT2D eigenvalue weighted by molar-refractivity contribution is 6.60. The largest absolute Gasteiger partial charge is 0.500 e. The fourth-order valence-corrected chi connectivity index (χ4v) is 2.88. The molecule has 0 aliphatic carbocycles. The van der Waals surface area contributed by atoms with Gasteiger partial charge in [-0.2, -0.15) is 9.59 Å². The third kappa shape index (κ3) is 21.6. The maximum atomic E-state index is 8.12. The van der Waals surface area contributed by atoms with Crippen molar-refractivity contribution in [3.8, 4) is 0 Å². The molecule has 9 nitrogen and oxygen atoms in total. The average Bonchev–Trinajstić information content (AvgIpc) is 2.49. The molecule has 0 radical (unpaired) electrons. The van der Waals surface area contributed by atoms with E-state index in [9.17, 15) is 0 Å². The van der Waals surface area contributed by atoms with Gasteiger partial charge in [0.2, 0.25) is 0 Å². The standard InChI is InChI=1S/C9H22O5Si.CH4O2.CO2.CH4/c1-10-7-8-14-6-5-9-15(11-2,12-3)13-4;2*2-1-3;/h5-9H2,1-4H3;2-3H,1H2;;1H4. The summed E-state index contributed by atoms with van der Waals surface area (Å²) in [5.74, 6) is 0. The van der Waals surface area contributed by atoms with E-state index in [-0.39, 0.29) is 13.6 Å². The highest BCUT2D eigenvalue weighted by atomic mass is 28.4. The van der Waals surface area contributed by atoms with Crippen molar-refractivity contribution in [2.75, 3.05) is 55.1 Å². The normalized spacial score (nSPS) is 9.36. The molecule has 0 fully saturated rings. The van der Waals surface area contributed by atoms with Crippen LogP contribution in [0.25, 0.3) is 0 Å². The summed E-state index contributed by atoms with van der Waals surface area (Å²) < 4.78 is 26.0. The molecule has 0 unspecified atom stereocenters. The van der Waals surface area contributed by atoms with E-state index >= 15 is 0 Å². The summed E-state index contributed by atoms with van der Waals surface area (Å²) in [6.07, 6.45) is 1.12. The maximum absolute atomic E-state index is 8.12. The number of ether oxygens (including phenoxy) is 2. The Balaban J connectivity index is -0.000000199. The smallest absolute Gasteiger partial charge is 0.382 e. The SMILES string of the molecule is C.COCCOCCC[Si](OC)(OC)OC.O=C=O.OCO. The first-order chi connectivity index (χ1) is 10.1. The van der Waals surface area contributed by atoms with Crippen LogP contribution in [0.2, 0.25) is 6.04 Å². The van der Waals surface area contributed by atoms with Crippen molar-refractivity contribution >= 4 is 15.0 Å². The molecule has 0 spiro atoms. The first-order valence-corrected chi connectivity index (χ1v) is 7.94. The first-order valence-electron chi connectivity index (χ1n) is 6.01. The quantitative estimate of drug-likeness (QED) is 0.317. The predicted molar refractivity (Wildman–Crippen MR) is 79.9 cm³/mol. The average molecular weight is 346 g/mol. The summed E-state index contributed by atoms with van der Waals surface area (Å²) in [6.45, 7) is 1.17. The van der Waals surface area contributed by atoms with Crippen LogP contribution >= 0.6 is 0 Å². The van der Waals surface area contributed by atoms with E-state index in [1.165, 1.54) is 0 Å². The molecule has 0 aliphatic rings. The Morgan fingerprint density at radius 2 is 1.32 bits per heavy atom. The Labute approximate surface area is 133 Å². The zero-order valence-corrected chi connectivity index (χ0v) is 14.0. The van der Waals surface area contributed by atoms with Crippen molar-refractivity contribution in [1.29, 1.82) is 0 Å². The van der Waals surface area contributed by atoms with Gasteiger partial charge in [-0.1, -0.05) is 7.43 Å². The van der Waals surface area contributed by atoms with E-state index in [2.05, 4.69) is 0 Å². The monoisotopic (exact) mass is 346 g/mol. The lowest BCUT2D eigenvalue weighted by Gasteiger charge is -2.24. The highest BCUT2D eigenvalue weighted by Crippen LogP contribution is 2.14. The molecule has 0 atom stereocenters. The molecule has 136 valence electrons. The van der Waals surface area contributed by atoms with Gasteiger partial charge in [0.05, 0.1) is 13.2 Å². The fraction of sp³-hybridized carbons (Fsp3) is 0.917. The summed E-state index contributed by atoms with van der Waals surface area (Å²) in [7, 11) is 4.11. The summed E-state index contributed by atoms with van der Waals surface area (Å²) in [5.41, 5.74) is 0. The molecule has 0 aromatic heterocycles. The van der Waals surface area contributed by atoms with Crippen LogP contribution in [0.3, 0.4) is 0 Å². The topological polar surface area (TPSA) is 121 Å². The zero-order chi connectivity index (χ0) is 17.0. The Morgan fingerprint density at radius 3 is 1.64 bits per heavy atom. The Bertz CT molecular complexity index is 210. The molecule has 0 heterocycles. The van der Waals surface area contributed by atoms with Gasteiger partial charge in [0.25, 0.3) is 0 Å². The minimum Gasteiger partial charge on any atom is -0.382 e. The minimum atomic E-state index is -2.40. The van der Waals surface area contributed by atoms with Gasteiger partial charge < -0.3 is 33.0 Å². The van der Waals surface area contributed by atoms with Crippen molar-refractivity contribution in [3.05, 3.63) is 0 Å². The third-order valence-corrected chi connectivity index (χ3v) is 4.97. The van der Waals surface area contributed by atoms with Crippen LogP contribution in [0.5, 0.6) is 0 Å². The minimum absolute atomic E-state index is 0. The van der Waals surface area contributed by atoms with Crippen molar-refractivity contribution in [3.63, 3.8) is 0 Å². The molecule has 22 heavy (non-hydrogen) atoms. The first kappa shape index (κ1) is 29.3. The molecular formula is C12H30O9Si. The van der Waals surface area contributed by atoms with Crippen molar-refractivity contribution < 1.29 is 42.6 Å². The number of aliphatic hydroxyl groups is 2. The van der Waals surface area contributed by atoms with Crippen LogP contribution in [0, 0.1) is 0 Å². The second-order valence-electron chi connectivity index (χ2n) is 3.23. The van der Waals surface area contributed by atoms with Crippen molar-refractivity contribution in [2.24, 2.45) is 0 Å². The van der Waals surface area contributed by atoms with Crippen LogP contribution in [0.4, 0.5) is 0 Å². The Morgan fingerprint density at radius 1 is 0.909 bits per heavy atom. The second kappa shape index (κ2) is 25.3. The van der Waals surface area contributed by atoms with Gasteiger partial charge in [-0.25, -0.2) is 0 Å². The number of aliphatic hydroxyl groups excluding tert-OH is 1. The van der Waals surface area contributed by atoms with Gasteiger partial charge in [-0.05, 0) is 6.42 Å². The molecule has 0 aromatic rings. The van der Waals surface area contributed by atoms with Gasteiger partial charge in [0, 0.05) is 41.1 Å². The lowest BCUT2D eigenvalue weighted by molar-refractivity contribution is -0.191. The van der Waals surface area contributed by atoms with E-state index in [0.717, 1.165) is 12.5 Å². The van der Waals surface area contributed by atoms with Crippen LogP contribution in [-0.2, 0) is 32.3 Å². The molecule has 0 saturated carbocycles. The molecular weight excluding hydrogens is 316 g/mol. The van der Waals surface area contributed by atoms with Gasteiger partial charge in [-0.3, -0.25) is 0 Å². The molecule has 0 rings (SSSR count). The molecule has 0 saturated heterocycles. The summed E-state index contributed by atoms with van der Waals surface area (Å²) in [5, 5.41) is 14.2. The summed E-state index contributed by atoms with van der Waals surface area (Å²) in [4.78, 5) is 16.2. The Kier molecular flexibility index (Phi) is 33.7. The molecule has 0 bridgehead atoms. The van der Waals surface area contributed by atoms with E-state index in [1.54, 1.807) is 28.4 Å². The van der Waals surface area contributed by atoms with Crippen LogP contribution < -0.4 is 0 Å². The predicted octanol–water partition coefficient (Wildman–Crippen LogP) is -0.101. The van der Waals surface area contributed by atoms with E-state index in [4.69, 9.17) is 42.6 Å². The van der Waals surface area contributed by atoms with E-state index in [1.807, 2.05) is 0 Å². The second-order valence-corrected chi connectivity index (χ2v) is 6.32. The Hall–Kier alpha value is -0.683. The number of carbonyl (C=O) groups excluding carboxylic acids is 2. The highest BCUT2D eigenvalue weighted by Gasteiger charge is 2.36. The molecule has 0 aromatic carbocycles. The molecule has 2 N–H and O–H groups in total. The zero-order valence-electron chi connectivity index (χ0n) is 13.0. The van der Waals surface area contributed by atoms with Gasteiger partial charge >= 0.3 is 15.0 Å². The summed E-state index contributed by atoms with van der Waals surface area (Å²) >= 11 is 0. The third-order valence-electron chi connectivity index (χ3n) is 2.14. The van der Waals surface area contributed by atoms with E-state index in [0.29, 0.717) is 19.8 Å². The number of rotatable bonds is 10. The van der Waals surface area contributed by atoms with Gasteiger partial charge in [0.15, 0.2) is 0 Å².